The highest BCUT2D eigenvalue weighted by molar-refractivity contribution is 7.92. The maximum atomic E-state index is 13.2. The van der Waals surface area contributed by atoms with Gasteiger partial charge in [-0.05, 0) is 42.8 Å². The maximum absolute atomic E-state index is 13.2. The summed E-state index contributed by atoms with van der Waals surface area (Å²) >= 11 is 5.72. The first kappa shape index (κ1) is 22.7. The summed E-state index contributed by atoms with van der Waals surface area (Å²) in [6, 6.07) is 13.6. The van der Waals surface area contributed by atoms with Crippen LogP contribution < -0.4 is 4.74 Å². The third-order valence-electron chi connectivity index (χ3n) is 4.19. The standard InChI is InChI=1S/C22H23ClO5S/c1-16-4-11-20(12-5-16)29(25,26)22(14-15-23)21(28-17(2)24)13-8-18-6-9-19(27-3)10-7-18/h4-15,21-22H,1-3H3/b13-8+,15-14+. The van der Waals surface area contributed by atoms with E-state index in [1.807, 2.05) is 6.92 Å². The molecule has 0 aliphatic carbocycles. The number of carbonyl (C=O) groups is 1. The van der Waals surface area contributed by atoms with Gasteiger partial charge in [-0.3, -0.25) is 4.79 Å². The Bertz CT molecular complexity index is 977. The summed E-state index contributed by atoms with van der Waals surface area (Å²) in [5.41, 5.74) is 2.85. The molecule has 0 saturated carbocycles. The normalized spacial score (nSPS) is 14.1. The van der Waals surface area contributed by atoms with Gasteiger partial charge in [-0.25, -0.2) is 8.42 Å². The monoisotopic (exact) mass is 434 g/mol. The van der Waals surface area contributed by atoms with Gasteiger partial charge < -0.3 is 9.47 Å². The number of esters is 1. The van der Waals surface area contributed by atoms with E-state index in [1.165, 1.54) is 31.2 Å². The number of benzene rings is 2. The Morgan fingerprint density at radius 3 is 2.17 bits per heavy atom. The molecule has 0 fully saturated rings. The van der Waals surface area contributed by atoms with Crippen LogP contribution in [0.3, 0.4) is 0 Å². The first-order chi connectivity index (χ1) is 13.8. The number of aryl methyl sites for hydroxylation is 1. The van der Waals surface area contributed by atoms with E-state index in [1.54, 1.807) is 49.6 Å². The van der Waals surface area contributed by atoms with Crippen molar-refractivity contribution in [2.24, 2.45) is 0 Å². The van der Waals surface area contributed by atoms with Crippen molar-refractivity contribution in [3.05, 3.63) is 77.3 Å². The van der Waals surface area contributed by atoms with Gasteiger partial charge in [0.1, 0.15) is 17.1 Å². The van der Waals surface area contributed by atoms with Crippen molar-refractivity contribution in [2.75, 3.05) is 7.11 Å². The van der Waals surface area contributed by atoms with Crippen LogP contribution in [0.4, 0.5) is 0 Å². The number of halogens is 1. The smallest absolute Gasteiger partial charge is 0.303 e. The number of rotatable bonds is 8. The van der Waals surface area contributed by atoms with Gasteiger partial charge in [0.25, 0.3) is 0 Å². The molecule has 2 rings (SSSR count). The number of hydrogen-bond acceptors (Lipinski definition) is 5. The average molecular weight is 435 g/mol. The fourth-order valence-electron chi connectivity index (χ4n) is 2.67. The van der Waals surface area contributed by atoms with Crippen molar-refractivity contribution in [3.63, 3.8) is 0 Å². The van der Waals surface area contributed by atoms with Crippen molar-refractivity contribution < 1.29 is 22.7 Å². The molecule has 154 valence electrons. The van der Waals surface area contributed by atoms with Gasteiger partial charge in [-0.15, -0.1) is 0 Å². The minimum atomic E-state index is -3.86. The first-order valence-corrected chi connectivity index (χ1v) is 10.8. The molecule has 2 unspecified atom stereocenters. The van der Waals surface area contributed by atoms with Crippen LogP contribution in [0.15, 0.2) is 71.1 Å². The molecular weight excluding hydrogens is 412 g/mol. The molecule has 0 saturated heterocycles. The van der Waals surface area contributed by atoms with E-state index >= 15 is 0 Å². The molecule has 0 N–H and O–H groups in total. The Kier molecular flexibility index (Phi) is 8.05. The van der Waals surface area contributed by atoms with Crippen LogP contribution in [-0.4, -0.2) is 32.9 Å². The summed E-state index contributed by atoms with van der Waals surface area (Å²) in [6.45, 7) is 3.10. The lowest BCUT2D eigenvalue weighted by Gasteiger charge is -2.22. The summed E-state index contributed by atoms with van der Waals surface area (Å²) in [4.78, 5) is 11.8. The minimum Gasteiger partial charge on any atom is -0.497 e. The summed E-state index contributed by atoms with van der Waals surface area (Å²) in [5.74, 6) is 0.102. The third kappa shape index (κ3) is 6.21. The van der Waals surface area contributed by atoms with E-state index in [0.717, 1.165) is 16.7 Å². The van der Waals surface area contributed by atoms with E-state index in [2.05, 4.69) is 0 Å². The van der Waals surface area contributed by atoms with Crippen LogP contribution in [0.2, 0.25) is 0 Å². The average Bonchev–Trinajstić information content (AvgIpc) is 2.70. The molecule has 0 radical (unpaired) electrons. The molecule has 29 heavy (non-hydrogen) atoms. The number of carbonyl (C=O) groups excluding carboxylic acids is 1. The molecule has 0 amide bonds. The minimum absolute atomic E-state index is 0.123. The summed E-state index contributed by atoms with van der Waals surface area (Å²) in [5, 5.41) is -1.18. The van der Waals surface area contributed by atoms with Crippen molar-refractivity contribution in [2.45, 2.75) is 30.1 Å². The van der Waals surface area contributed by atoms with E-state index in [-0.39, 0.29) is 4.90 Å². The Hall–Kier alpha value is -2.57. The lowest BCUT2D eigenvalue weighted by molar-refractivity contribution is -0.143. The second kappa shape index (κ2) is 10.3. The molecule has 0 spiro atoms. The van der Waals surface area contributed by atoms with Crippen molar-refractivity contribution >= 4 is 33.5 Å². The second-order valence-corrected chi connectivity index (χ2v) is 8.71. The topological polar surface area (TPSA) is 69.7 Å². The molecule has 0 aromatic heterocycles. The van der Waals surface area contributed by atoms with E-state index < -0.39 is 27.2 Å². The maximum Gasteiger partial charge on any atom is 0.303 e. The highest BCUT2D eigenvalue weighted by Crippen LogP contribution is 2.24. The van der Waals surface area contributed by atoms with Crippen LogP contribution in [-0.2, 0) is 19.4 Å². The Morgan fingerprint density at radius 1 is 1.03 bits per heavy atom. The molecule has 2 aromatic rings. The zero-order valence-corrected chi connectivity index (χ0v) is 18.0. The second-order valence-electron chi connectivity index (χ2n) is 6.35. The molecule has 2 atom stereocenters. The lowest BCUT2D eigenvalue weighted by atomic mass is 10.1. The summed E-state index contributed by atoms with van der Waals surface area (Å²) in [7, 11) is -2.29. The zero-order valence-electron chi connectivity index (χ0n) is 16.4. The van der Waals surface area contributed by atoms with E-state index in [0.29, 0.717) is 5.75 Å². The molecule has 0 aliphatic rings. The Labute approximate surface area is 176 Å². The Morgan fingerprint density at radius 2 is 1.66 bits per heavy atom. The summed E-state index contributed by atoms with van der Waals surface area (Å²) in [6.07, 6.45) is 3.47. The quantitative estimate of drug-likeness (QED) is 0.570. The van der Waals surface area contributed by atoms with Crippen molar-refractivity contribution in [3.8, 4) is 5.75 Å². The van der Waals surface area contributed by atoms with Crippen molar-refractivity contribution in [1.82, 2.24) is 0 Å². The van der Waals surface area contributed by atoms with Gasteiger partial charge in [0.05, 0.1) is 12.0 Å². The lowest BCUT2D eigenvalue weighted by Crippen LogP contribution is -2.34. The fraction of sp³-hybridized carbons (Fsp3) is 0.227. The highest BCUT2D eigenvalue weighted by Gasteiger charge is 2.33. The van der Waals surface area contributed by atoms with E-state index in [9.17, 15) is 13.2 Å². The third-order valence-corrected chi connectivity index (χ3v) is 6.41. The van der Waals surface area contributed by atoms with Gasteiger partial charge in [0.2, 0.25) is 0 Å². The zero-order chi connectivity index (χ0) is 21.4. The molecular formula is C22H23ClO5S. The molecule has 2 aromatic carbocycles. The number of methoxy groups -OCH3 is 1. The van der Waals surface area contributed by atoms with Gasteiger partial charge in [0, 0.05) is 12.5 Å². The van der Waals surface area contributed by atoms with Gasteiger partial charge >= 0.3 is 5.97 Å². The number of hydrogen-bond donors (Lipinski definition) is 0. The Balaban J connectivity index is 2.42. The predicted molar refractivity (Wildman–Crippen MR) is 115 cm³/mol. The van der Waals surface area contributed by atoms with Crippen molar-refractivity contribution in [1.29, 1.82) is 0 Å². The van der Waals surface area contributed by atoms with Crippen LogP contribution in [0.1, 0.15) is 18.1 Å². The van der Waals surface area contributed by atoms with Gasteiger partial charge in [-0.1, -0.05) is 53.6 Å². The van der Waals surface area contributed by atoms with Gasteiger partial charge in [-0.2, -0.15) is 0 Å². The van der Waals surface area contributed by atoms with Crippen LogP contribution in [0, 0.1) is 6.92 Å². The summed E-state index contributed by atoms with van der Waals surface area (Å²) < 4.78 is 36.8. The largest absolute Gasteiger partial charge is 0.497 e. The molecule has 0 heterocycles. The fourth-order valence-corrected chi connectivity index (χ4v) is 4.53. The van der Waals surface area contributed by atoms with Crippen LogP contribution in [0.25, 0.3) is 6.08 Å². The predicted octanol–water partition coefficient (Wildman–Crippen LogP) is 4.54. The highest BCUT2D eigenvalue weighted by atomic mass is 35.5. The van der Waals surface area contributed by atoms with Crippen LogP contribution in [0.5, 0.6) is 5.75 Å². The van der Waals surface area contributed by atoms with Gasteiger partial charge in [0.15, 0.2) is 9.84 Å². The molecule has 7 heteroatoms. The molecule has 0 aliphatic heterocycles. The number of ether oxygens (including phenoxy) is 2. The molecule has 5 nitrogen and oxygen atoms in total. The van der Waals surface area contributed by atoms with E-state index in [4.69, 9.17) is 21.1 Å². The first-order valence-electron chi connectivity index (χ1n) is 8.85. The number of sulfone groups is 1. The van der Waals surface area contributed by atoms with Crippen LogP contribution >= 0.6 is 11.6 Å². The SMILES string of the molecule is COc1ccc(/C=C/C(OC(C)=O)C(/C=C/Cl)S(=O)(=O)c2ccc(C)cc2)cc1. The molecule has 0 bridgehead atoms.